The van der Waals surface area contributed by atoms with Gasteiger partial charge in [0.15, 0.2) is 0 Å². The van der Waals surface area contributed by atoms with E-state index in [0.29, 0.717) is 5.92 Å². The maximum absolute atomic E-state index is 5.71. The molecule has 3 heteroatoms. The van der Waals surface area contributed by atoms with Crippen LogP contribution >= 0.6 is 0 Å². The highest BCUT2D eigenvalue weighted by Gasteiger charge is 2.16. The lowest BCUT2D eigenvalue weighted by molar-refractivity contribution is 0.627. The Morgan fingerprint density at radius 3 is 2.50 bits per heavy atom. The lowest BCUT2D eigenvalue weighted by Crippen LogP contribution is -2.19. The Bertz CT molecular complexity index is 125. The average Bonchev–Trinajstić information content (AvgIpc) is 2.38. The van der Waals surface area contributed by atoms with Crippen LogP contribution in [0.25, 0.3) is 0 Å². The van der Waals surface area contributed by atoms with E-state index in [2.05, 4.69) is 5.43 Å². The molecule has 0 aliphatic heterocycles. The lowest BCUT2D eigenvalue weighted by atomic mass is 10.1. The van der Waals surface area contributed by atoms with Gasteiger partial charge < -0.3 is 11.2 Å². The van der Waals surface area contributed by atoms with Crippen molar-refractivity contribution in [1.29, 1.82) is 0 Å². The number of hydrazine groups is 1. The predicted octanol–water partition coefficient (Wildman–Crippen LogP) is 0.440. The van der Waals surface area contributed by atoms with E-state index in [9.17, 15) is 0 Å². The Balaban J connectivity index is 2.39. The first kappa shape index (κ1) is 7.41. The Morgan fingerprint density at radius 1 is 1.40 bits per heavy atom. The number of allylic oxidation sites excluding steroid dienone is 1. The van der Waals surface area contributed by atoms with E-state index >= 15 is 0 Å². The minimum atomic E-state index is 0.580. The minimum absolute atomic E-state index is 0.580. The largest absolute Gasteiger partial charge is 0.401 e. The Hall–Kier alpha value is -0.700. The molecule has 0 heterocycles. The molecule has 0 unspecified atom stereocenters. The van der Waals surface area contributed by atoms with Gasteiger partial charge in [0.1, 0.15) is 0 Å². The first-order valence-corrected chi connectivity index (χ1v) is 3.76. The van der Waals surface area contributed by atoms with Gasteiger partial charge in [0, 0.05) is 11.9 Å². The fraction of sp³-hybridized carbons (Fsp3) is 0.714. The van der Waals surface area contributed by atoms with Gasteiger partial charge in [-0.1, -0.05) is 12.8 Å². The zero-order valence-electron chi connectivity index (χ0n) is 6.14. The van der Waals surface area contributed by atoms with Crippen LogP contribution in [0, 0.1) is 5.92 Å². The van der Waals surface area contributed by atoms with E-state index in [1.165, 1.54) is 25.7 Å². The number of hydrogen-bond acceptors (Lipinski definition) is 3. The fourth-order valence-electron chi connectivity index (χ4n) is 1.47. The molecule has 5 N–H and O–H groups in total. The third kappa shape index (κ3) is 1.64. The number of nitrogens with one attached hydrogen (secondary N) is 1. The van der Waals surface area contributed by atoms with Crippen LogP contribution in [0.1, 0.15) is 25.7 Å². The smallest absolute Gasteiger partial charge is 0.0313 e. The SMILES string of the molecule is NN/C=C(\N)C1CCCC1. The summed E-state index contributed by atoms with van der Waals surface area (Å²) in [6.45, 7) is 0. The van der Waals surface area contributed by atoms with Crippen molar-refractivity contribution in [1.82, 2.24) is 5.43 Å². The number of nitrogens with two attached hydrogens (primary N) is 2. The Kier molecular flexibility index (Phi) is 2.57. The van der Waals surface area contributed by atoms with Crippen LogP contribution in [-0.4, -0.2) is 0 Å². The van der Waals surface area contributed by atoms with Gasteiger partial charge in [-0.2, -0.15) is 0 Å². The zero-order valence-corrected chi connectivity index (χ0v) is 6.14. The monoisotopic (exact) mass is 141 g/mol. The molecule has 0 aromatic heterocycles. The van der Waals surface area contributed by atoms with Gasteiger partial charge in [0.05, 0.1) is 0 Å². The van der Waals surface area contributed by atoms with Gasteiger partial charge in [0.2, 0.25) is 0 Å². The number of hydrogen-bond donors (Lipinski definition) is 3. The van der Waals surface area contributed by atoms with E-state index < -0.39 is 0 Å². The Labute approximate surface area is 61.4 Å². The van der Waals surface area contributed by atoms with Gasteiger partial charge in [-0.15, -0.1) is 0 Å². The first-order valence-electron chi connectivity index (χ1n) is 3.76. The van der Waals surface area contributed by atoms with Crippen molar-refractivity contribution >= 4 is 0 Å². The van der Waals surface area contributed by atoms with E-state index in [-0.39, 0.29) is 0 Å². The van der Waals surface area contributed by atoms with Crippen LogP contribution in [-0.2, 0) is 0 Å². The standard InChI is InChI=1S/C7H15N3/c8-7(5-10-9)6-3-1-2-4-6/h5-6,10H,1-4,8-9H2/b7-5-. The summed E-state index contributed by atoms with van der Waals surface area (Å²) in [5.41, 5.74) is 9.07. The number of rotatable bonds is 2. The van der Waals surface area contributed by atoms with Gasteiger partial charge in [-0.25, -0.2) is 0 Å². The summed E-state index contributed by atoms with van der Waals surface area (Å²) < 4.78 is 0. The summed E-state index contributed by atoms with van der Waals surface area (Å²) in [5, 5.41) is 0. The molecule has 0 aromatic rings. The van der Waals surface area contributed by atoms with Crippen LogP contribution in [0.2, 0.25) is 0 Å². The maximum atomic E-state index is 5.71. The van der Waals surface area contributed by atoms with Gasteiger partial charge in [-0.3, -0.25) is 5.84 Å². The van der Waals surface area contributed by atoms with Gasteiger partial charge in [0.25, 0.3) is 0 Å². The molecule has 0 bridgehead atoms. The fourth-order valence-corrected chi connectivity index (χ4v) is 1.47. The summed E-state index contributed by atoms with van der Waals surface area (Å²) in [7, 11) is 0. The molecule has 1 fully saturated rings. The highest BCUT2D eigenvalue weighted by molar-refractivity contribution is 5.01. The summed E-state index contributed by atoms with van der Waals surface area (Å²) in [4.78, 5) is 0. The first-order chi connectivity index (χ1) is 4.84. The third-order valence-corrected chi connectivity index (χ3v) is 2.08. The quantitative estimate of drug-likeness (QED) is 0.386. The van der Waals surface area contributed by atoms with Gasteiger partial charge in [-0.05, 0) is 18.8 Å². The van der Waals surface area contributed by atoms with Crippen LogP contribution in [0.3, 0.4) is 0 Å². The van der Waals surface area contributed by atoms with Crippen molar-refractivity contribution < 1.29 is 0 Å². The third-order valence-electron chi connectivity index (χ3n) is 2.08. The van der Waals surface area contributed by atoms with Crippen LogP contribution in [0.5, 0.6) is 0 Å². The molecule has 0 saturated heterocycles. The maximum Gasteiger partial charge on any atom is 0.0313 e. The highest BCUT2D eigenvalue weighted by Crippen LogP contribution is 2.27. The highest BCUT2D eigenvalue weighted by atomic mass is 15.2. The second-order valence-corrected chi connectivity index (χ2v) is 2.79. The molecule has 1 aliphatic rings. The van der Waals surface area contributed by atoms with Gasteiger partial charge >= 0.3 is 0 Å². The topological polar surface area (TPSA) is 64.1 Å². The van der Waals surface area contributed by atoms with Crippen molar-refractivity contribution in [3.05, 3.63) is 11.9 Å². The van der Waals surface area contributed by atoms with Crippen molar-refractivity contribution in [2.24, 2.45) is 17.5 Å². The van der Waals surface area contributed by atoms with Crippen LogP contribution in [0.15, 0.2) is 11.9 Å². The molecule has 0 aromatic carbocycles. The van der Waals surface area contributed by atoms with Crippen LogP contribution < -0.4 is 17.0 Å². The Morgan fingerprint density at radius 2 is 2.00 bits per heavy atom. The molecule has 0 radical (unpaired) electrons. The molecule has 58 valence electrons. The molecular weight excluding hydrogens is 126 g/mol. The van der Waals surface area contributed by atoms with E-state index in [0.717, 1.165) is 5.70 Å². The normalized spacial score (nSPS) is 21.5. The molecule has 1 aliphatic carbocycles. The summed E-state index contributed by atoms with van der Waals surface area (Å²) in [6, 6.07) is 0. The summed E-state index contributed by atoms with van der Waals surface area (Å²) >= 11 is 0. The van der Waals surface area contributed by atoms with E-state index in [4.69, 9.17) is 11.6 Å². The molecule has 10 heavy (non-hydrogen) atoms. The second-order valence-electron chi connectivity index (χ2n) is 2.79. The van der Waals surface area contributed by atoms with Crippen molar-refractivity contribution in [2.75, 3.05) is 0 Å². The molecule has 0 atom stereocenters. The molecule has 1 rings (SSSR count). The van der Waals surface area contributed by atoms with Crippen molar-refractivity contribution in [3.8, 4) is 0 Å². The van der Waals surface area contributed by atoms with Crippen molar-refractivity contribution in [2.45, 2.75) is 25.7 Å². The molecule has 0 spiro atoms. The minimum Gasteiger partial charge on any atom is -0.401 e. The molecule has 3 nitrogen and oxygen atoms in total. The summed E-state index contributed by atoms with van der Waals surface area (Å²) in [5.74, 6) is 5.67. The zero-order chi connectivity index (χ0) is 7.40. The molecule has 0 amide bonds. The second kappa shape index (κ2) is 3.46. The van der Waals surface area contributed by atoms with E-state index in [1.807, 2.05) is 0 Å². The molecule has 1 saturated carbocycles. The molecular formula is C7H15N3. The van der Waals surface area contributed by atoms with Crippen LogP contribution in [0.4, 0.5) is 0 Å². The average molecular weight is 141 g/mol. The van der Waals surface area contributed by atoms with Crippen molar-refractivity contribution in [3.63, 3.8) is 0 Å². The summed E-state index contributed by atoms with van der Waals surface area (Å²) in [6.07, 6.45) is 6.76. The van der Waals surface area contributed by atoms with E-state index in [1.54, 1.807) is 6.20 Å². The predicted molar refractivity (Wildman–Crippen MR) is 41.6 cm³/mol. The lowest BCUT2D eigenvalue weighted by Gasteiger charge is -2.07.